The zero-order valence-corrected chi connectivity index (χ0v) is 7.98. The first-order valence-corrected chi connectivity index (χ1v) is 4.23. The fourth-order valence-corrected chi connectivity index (χ4v) is 1.67. The molecule has 0 saturated heterocycles. The molecule has 1 aromatic rings. The van der Waals surface area contributed by atoms with Crippen LogP contribution in [-0.2, 0) is 6.54 Å². The van der Waals surface area contributed by atoms with Crippen molar-refractivity contribution in [3.8, 4) is 0 Å². The molecular formula is C7H11NP2. The largest absolute Gasteiger partial charge is 0.326 e. The van der Waals surface area contributed by atoms with E-state index in [2.05, 4.69) is 24.5 Å². The van der Waals surface area contributed by atoms with Gasteiger partial charge in [-0.05, 0) is 22.2 Å². The maximum Gasteiger partial charge on any atom is 0.0184 e. The molecule has 0 fully saturated rings. The van der Waals surface area contributed by atoms with Crippen LogP contribution in [0.1, 0.15) is 5.56 Å². The standard InChI is InChI=1S/C7H11NP2/c8-4-5-1-2-6(9)3-7(5)10/h1-3H,4,8-10H2. The SMILES string of the molecule is NCc1ccc(P)cc1P. The average Bonchev–Trinajstić information content (AvgIpc) is 1.88. The molecule has 10 heavy (non-hydrogen) atoms. The molecule has 2 N–H and O–H groups in total. The van der Waals surface area contributed by atoms with Crippen LogP contribution >= 0.6 is 18.5 Å². The molecular weight excluding hydrogens is 160 g/mol. The van der Waals surface area contributed by atoms with Crippen LogP contribution in [0.5, 0.6) is 0 Å². The van der Waals surface area contributed by atoms with Crippen LogP contribution in [0.2, 0.25) is 0 Å². The topological polar surface area (TPSA) is 26.0 Å². The normalized spacial score (nSPS) is 9.90. The van der Waals surface area contributed by atoms with Gasteiger partial charge in [0.25, 0.3) is 0 Å². The van der Waals surface area contributed by atoms with Crippen LogP contribution in [0.15, 0.2) is 18.2 Å². The lowest BCUT2D eigenvalue weighted by Gasteiger charge is -2.01. The Morgan fingerprint density at radius 1 is 1.30 bits per heavy atom. The Morgan fingerprint density at radius 2 is 2.00 bits per heavy atom. The second-order valence-corrected chi connectivity index (χ2v) is 3.45. The summed E-state index contributed by atoms with van der Waals surface area (Å²) in [6.07, 6.45) is 0. The molecule has 1 aromatic carbocycles. The molecule has 0 aliphatic heterocycles. The highest BCUT2D eigenvalue weighted by molar-refractivity contribution is 7.29. The van der Waals surface area contributed by atoms with Crippen molar-refractivity contribution in [2.75, 3.05) is 0 Å². The number of hydrogen-bond donors (Lipinski definition) is 1. The van der Waals surface area contributed by atoms with Crippen molar-refractivity contribution in [2.24, 2.45) is 5.73 Å². The van der Waals surface area contributed by atoms with Crippen LogP contribution in [-0.4, -0.2) is 0 Å². The van der Waals surface area contributed by atoms with Crippen LogP contribution in [0, 0.1) is 0 Å². The van der Waals surface area contributed by atoms with Crippen molar-refractivity contribution in [1.82, 2.24) is 0 Å². The predicted octanol–water partition coefficient (Wildman–Crippen LogP) is 0.146. The van der Waals surface area contributed by atoms with Gasteiger partial charge in [-0.15, -0.1) is 18.5 Å². The molecule has 0 bridgehead atoms. The minimum Gasteiger partial charge on any atom is -0.326 e. The van der Waals surface area contributed by atoms with E-state index < -0.39 is 0 Å². The van der Waals surface area contributed by atoms with Gasteiger partial charge in [0.15, 0.2) is 0 Å². The van der Waals surface area contributed by atoms with Crippen LogP contribution < -0.4 is 16.3 Å². The van der Waals surface area contributed by atoms with Crippen molar-refractivity contribution in [3.63, 3.8) is 0 Å². The third-order valence-electron chi connectivity index (χ3n) is 1.39. The second-order valence-electron chi connectivity index (χ2n) is 2.16. The molecule has 0 heterocycles. The van der Waals surface area contributed by atoms with Gasteiger partial charge in [-0.1, -0.05) is 12.1 Å². The van der Waals surface area contributed by atoms with Crippen molar-refractivity contribution in [2.45, 2.75) is 6.54 Å². The lowest BCUT2D eigenvalue weighted by molar-refractivity contribution is 1.08. The van der Waals surface area contributed by atoms with Gasteiger partial charge in [-0.25, -0.2) is 0 Å². The van der Waals surface area contributed by atoms with Gasteiger partial charge in [-0.3, -0.25) is 0 Å². The number of nitrogens with two attached hydrogens (primary N) is 1. The monoisotopic (exact) mass is 171 g/mol. The summed E-state index contributed by atoms with van der Waals surface area (Å²) in [6, 6.07) is 6.17. The molecule has 2 atom stereocenters. The highest BCUT2D eigenvalue weighted by Crippen LogP contribution is 1.99. The molecule has 0 aromatic heterocycles. The first kappa shape index (κ1) is 8.14. The maximum absolute atomic E-state index is 5.48. The summed E-state index contributed by atoms with van der Waals surface area (Å²) in [5.74, 6) is 0. The van der Waals surface area contributed by atoms with Gasteiger partial charge in [0.2, 0.25) is 0 Å². The molecule has 0 saturated carbocycles. The Balaban J connectivity index is 3.07. The highest BCUT2D eigenvalue weighted by Gasteiger charge is 1.93. The molecule has 0 aliphatic carbocycles. The molecule has 3 heteroatoms. The summed E-state index contributed by atoms with van der Waals surface area (Å²) < 4.78 is 0. The number of rotatable bonds is 1. The molecule has 0 aliphatic rings. The minimum absolute atomic E-state index is 0.615. The van der Waals surface area contributed by atoms with Gasteiger partial charge in [0, 0.05) is 6.54 Å². The van der Waals surface area contributed by atoms with Gasteiger partial charge in [0.1, 0.15) is 0 Å². The van der Waals surface area contributed by atoms with Crippen molar-refractivity contribution in [3.05, 3.63) is 23.8 Å². The fourth-order valence-electron chi connectivity index (χ4n) is 0.799. The predicted molar refractivity (Wildman–Crippen MR) is 53.0 cm³/mol. The van der Waals surface area contributed by atoms with Gasteiger partial charge < -0.3 is 5.73 Å². The number of benzene rings is 1. The molecule has 2 unspecified atom stereocenters. The van der Waals surface area contributed by atoms with Crippen LogP contribution in [0.25, 0.3) is 0 Å². The van der Waals surface area contributed by atoms with E-state index in [1.54, 1.807) is 0 Å². The van der Waals surface area contributed by atoms with Gasteiger partial charge in [-0.2, -0.15) is 0 Å². The molecule has 0 radical (unpaired) electrons. The van der Waals surface area contributed by atoms with Gasteiger partial charge in [0.05, 0.1) is 0 Å². The minimum atomic E-state index is 0.615. The Bertz CT molecular complexity index is 235. The molecule has 0 spiro atoms. The van der Waals surface area contributed by atoms with Crippen LogP contribution in [0.3, 0.4) is 0 Å². The Morgan fingerprint density at radius 3 is 2.50 bits per heavy atom. The summed E-state index contributed by atoms with van der Waals surface area (Å²) in [5, 5.41) is 2.39. The van der Waals surface area contributed by atoms with E-state index in [0.29, 0.717) is 6.54 Å². The molecule has 54 valence electrons. The van der Waals surface area contributed by atoms with Crippen molar-refractivity contribution < 1.29 is 0 Å². The highest BCUT2D eigenvalue weighted by atomic mass is 31.0. The third-order valence-corrected chi connectivity index (χ3v) is 2.29. The lowest BCUT2D eigenvalue weighted by atomic mass is 10.2. The van der Waals surface area contributed by atoms with E-state index in [1.165, 1.54) is 16.2 Å². The quantitative estimate of drug-likeness (QED) is 0.598. The summed E-state index contributed by atoms with van der Waals surface area (Å²) >= 11 is 0. The van der Waals surface area contributed by atoms with Gasteiger partial charge >= 0.3 is 0 Å². The third kappa shape index (κ3) is 1.76. The van der Waals surface area contributed by atoms with E-state index >= 15 is 0 Å². The van der Waals surface area contributed by atoms with E-state index in [0.717, 1.165) is 0 Å². The summed E-state index contributed by atoms with van der Waals surface area (Å²) in [6.45, 7) is 0.615. The molecule has 1 nitrogen and oxygen atoms in total. The van der Waals surface area contributed by atoms with Crippen LogP contribution in [0.4, 0.5) is 0 Å². The average molecular weight is 171 g/mol. The van der Waals surface area contributed by atoms with E-state index in [1.807, 2.05) is 12.1 Å². The van der Waals surface area contributed by atoms with E-state index in [9.17, 15) is 0 Å². The Kier molecular flexibility index (Phi) is 2.80. The number of hydrogen-bond acceptors (Lipinski definition) is 1. The smallest absolute Gasteiger partial charge is 0.0184 e. The van der Waals surface area contributed by atoms with E-state index in [-0.39, 0.29) is 0 Å². The summed E-state index contributed by atoms with van der Waals surface area (Å²) in [5.41, 5.74) is 6.67. The first-order chi connectivity index (χ1) is 4.74. The molecule has 0 amide bonds. The zero-order valence-electron chi connectivity index (χ0n) is 5.67. The molecule has 1 rings (SSSR count). The second kappa shape index (κ2) is 3.44. The summed E-state index contributed by atoms with van der Waals surface area (Å²) in [4.78, 5) is 0. The maximum atomic E-state index is 5.48. The summed E-state index contributed by atoms with van der Waals surface area (Å²) in [7, 11) is 5.32. The Hall–Kier alpha value is 0.0400. The van der Waals surface area contributed by atoms with Crippen molar-refractivity contribution in [1.29, 1.82) is 0 Å². The fraction of sp³-hybridized carbons (Fsp3) is 0.143. The van der Waals surface area contributed by atoms with E-state index in [4.69, 9.17) is 5.73 Å². The lowest BCUT2D eigenvalue weighted by Crippen LogP contribution is -2.10. The first-order valence-electron chi connectivity index (χ1n) is 3.08. The zero-order chi connectivity index (χ0) is 7.56. The Labute approximate surface area is 65.8 Å². The van der Waals surface area contributed by atoms with Crippen molar-refractivity contribution >= 4 is 29.1 Å².